The predicted octanol–water partition coefficient (Wildman–Crippen LogP) is 3.29. The molecule has 0 spiro atoms. The number of hydrogen-bond donors (Lipinski definition) is 2. The average molecular weight is 305 g/mol. The van der Waals surface area contributed by atoms with Crippen LogP contribution in [0.3, 0.4) is 0 Å². The Kier molecular flexibility index (Phi) is 5.99. The first-order valence-electron chi connectivity index (χ1n) is 7.66. The lowest BCUT2D eigenvalue weighted by Gasteiger charge is -2.17. The van der Waals surface area contributed by atoms with E-state index in [0.717, 1.165) is 37.3 Å². The molecule has 4 nitrogen and oxygen atoms in total. The maximum absolute atomic E-state index is 11.8. The zero-order valence-electron chi connectivity index (χ0n) is 12.5. The van der Waals surface area contributed by atoms with Gasteiger partial charge < -0.3 is 15.5 Å². The number of nitrogens with one attached hydrogen (secondary N) is 2. The van der Waals surface area contributed by atoms with E-state index in [1.807, 2.05) is 29.2 Å². The maximum atomic E-state index is 11.8. The van der Waals surface area contributed by atoms with E-state index in [0.29, 0.717) is 11.5 Å². The molecule has 0 aromatic heterocycles. The summed E-state index contributed by atoms with van der Waals surface area (Å²) in [5.74, 6) is 0.201. The van der Waals surface area contributed by atoms with Crippen LogP contribution < -0.4 is 15.5 Å². The van der Waals surface area contributed by atoms with Gasteiger partial charge in [-0.3, -0.25) is 4.79 Å². The van der Waals surface area contributed by atoms with Crippen molar-refractivity contribution in [2.75, 3.05) is 23.3 Å². The number of anilines is 2. The van der Waals surface area contributed by atoms with Gasteiger partial charge in [-0.15, -0.1) is 0 Å². The second-order valence-corrected chi connectivity index (χ2v) is 5.70. The summed E-state index contributed by atoms with van der Waals surface area (Å²) in [4.78, 5) is 13.6. The molecule has 5 heteroatoms. The van der Waals surface area contributed by atoms with Crippen molar-refractivity contribution in [1.29, 1.82) is 0 Å². The average Bonchev–Trinajstić information content (AvgIpc) is 2.90. The fourth-order valence-corrected chi connectivity index (χ4v) is 2.64. The van der Waals surface area contributed by atoms with E-state index >= 15 is 0 Å². The van der Waals surface area contributed by atoms with Crippen molar-refractivity contribution < 1.29 is 4.79 Å². The molecule has 0 atom stereocenters. The molecule has 21 heavy (non-hydrogen) atoms. The summed E-state index contributed by atoms with van der Waals surface area (Å²) in [6, 6.07) is 7.85. The van der Waals surface area contributed by atoms with Crippen LogP contribution in [0.15, 0.2) is 24.3 Å². The van der Waals surface area contributed by atoms with Crippen LogP contribution in [0.1, 0.15) is 39.0 Å². The molecule has 0 aliphatic carbocycles. The van der Waals surface area contributed by atoms with Gasteiger partial charge in [0.25, 0.3) is 0 Å². The third-order valence-corrected chi connectivity index (χ3v) is 3.80. The quantitative estimate of drug-likeness (QED) is 0.625. The Labute approximate surface area is 131 Å². The standard InChI is InChI=1S/C16H23N3OS/c1-2-3-4-10-17-16(21)18-13-7-5-8-14(12-13)19-11-6-9-15(19)20/h5,7-8,12H,2-4,6,9-11H2,1H3,(H2,17,18,21). The van der Waals surface area contributed by atoms with Crippen LogP contribution in [-0.4, -0.2) is 24.1 Å². The molecule has 1 saturated heterocycles. The van der Waals surface area contributed by atoms with Crippen LogP contribution in [0.5, 0.6) is 0 Å². The number of thiocarbonyl (C=S) groups is 1. The normalized spacial score (nSPS) is 14.3. The van der Waals surface area contributed by atoms with Crippen molar-refractivity contribution in [1.82, 2.24) is 5.32 Å². The summed E-state index contributed by atoms with van der Waals surface area (Å²) in [5.41, 5.74) is 1.86. The fraction of sp³-hybridized carbons (Fsp3) is 0.500. The van der Waals surface area contributed by atoms with Crippen LogP contribution in [0.25, 0.3) is 0 Å². The minimum Gasteiger partial charge on any atom is -0.362 e. The molecule has 114 valence electrons. The van der Waals surface area contributed by atoms with Crippen LogP contribution in [0.2, 0.25) is 0 Å². The van der Waals surface area contributed by atoms with Gasteiger partial charge in [0.2, 0.25) is 5.91 Å². The number of carbonyl (C=O) groups excluding carboxylic acids is 1. The molecule has 1 heterocycles. The highest BCUT2D eigenvalue weighted by atomic mass is 32.1. The summed E-state index contributed by atoms with van der Waals surface area (Å²) in [6.07, 6.45) is 5.12. The van der Waals surface area contributed by atoms with Gasteiger partial charge in [0.1, 0.15) is 0 Å². The number of unbranched alkanes of at least 4 members (excludes halogenated alkanes) is 2. The van der Waals surface area contributed by atoms with Gasteiger partial charge in [0, 0.05) is 30.9 Å². The minimum atomic E-state index is 0.201. The molecular weight excluding hydrogens is 282 g/mol. The predicted molar refractivity (Wildman–Crippen MR) is 91.8 cm³/mol. The fourth-order valence-electron chi connectivity index (χ4n) is 2.42. The van der Waals surface area contributed by atoms with Crippen molar-refractivity contribution in [3.05, 3.63) is 24.3 Å². The SMILES string of the molecule is CCCCCNC(=S)Nc1cccc(N2CCCC2=O)c1. The van der Waals surface area contributed by atoms with Gasteiger partial charge >= 0.3 is 0 Å². The summed E-state index contributed by atoms with van der Waals surface area (Å²) in [5, 5.41) is 7.02. The summed E-state index contributed by atoms with van der Waals surface area (Å²) in [7, 11) is 0. The molecule has 1 aliphatic heterocycles. The molecular formula is C16H23N3OS. The highest BCUT2D eigenvalue weighted by Crippen LogP contribution is 2.24. The zero-order valence-corrected chi connectivity index (χ0v) is 13.3. The number of carbonyl (C=O) groups is 1. The number of hydrogen-bond acceptors (Lipinski definition) is 2. The molecule has 0 bridgehead atoms. The van der Waals surface area contributed by atoms with Crippen molar-refractivity contribution in [2.24, 2.45) is 0 Å². The van der Waals surface area contributed by atoms with E-state index in [4.69, 9.17) is 12.2 Å². The lowest BCUT2D eigenvalue weighted by Crippen LogP contribution is -2.29. The van der Waals surface area contributed by atoms with Gasteiger partial charge in [-0.25, -0.2) is 0 Å². The minimum absolute atomic E-state index is 0.201. The van der Waals surface area contributed by atoms with Crippen molar-refractivity contribution >= 4 is 34.6 Å². The van der Waals surface area contributed by atoms with E-state index < -0.39 is 0 Å². The smallest absolute Gasteiger partial charge is 0.227 e. The van der Waals surface area contributed by atoms with Gasteiger partial charge in [0.05, 0.1) is 0 Å². The Balaban J connectivity index is 1.89. The highest BCUT2D eigenvalue weighted by molar-refractivity contribution is 7.80. The molecule has 1 aliphatic rings. The first kappa shape index (κ1) is 15.8. The Hall–Kier alpha value is -1.62. The second-order valence-electron chi connectivity index (χ2n) is 5.29. The first-order chi connectivity index (χ1) is 10.2. The van der Waals surface area contributed by atoms with E-state index in [2.05, 4.69) is 17.6 Å². The summed E-state index contributed by atoms with van der Waals surface area (Å²) < 4.78 is 0. The monoisotopic (exact) mass is 305 g/mol. The largest absolute Gasteiger partial charge is 0.362 e. The molecule has 1 fully saturated rings. The zero-order chi connectivity index (χ0) is 15.1. The Morgan fingerprint density at radius 3 is 2.95 bits per heavy atom. The number of amides is 1. The Bertz CT molecular complexity index is 504. The number of nitrogens with zero attached hydrogens (tertiary/aromatic N) is 1. The van der Waals surface area contributed by atoms with Crippen LogP contribution in [0.4, 0.5) is 11.4 Å². The van der Waals surface area contributed by atoms with Gasteiger partial charge in [-0.05, 0) is 43.3 Å². The lowest BCUT2D eigenvalue weighted by molar-refractivity contribution is -0.117. The van der Waals surface area contributed by atoms with Crippen molar-refractivity contribution in [2.45, 2.75) is 39.0 Å². The van der Waals surface area contributed by atoms with Crippen molar-refractivity contribution in [3.8, 4) is 0 Å². The van der Waals surface area contributed by atoms with Crippen LogP contribution >= 0.6 is 12.2 Å². The first-order valence-corrected chi connectivity index (χ1v) is 8.07. The van der Waals surface area contributed by atoms with Gasteiger partial charge in [-0.1, -0.05) is 25.8 Å². The number of benzene rings is 1. The highest BCUT2D eigenvalue weighted by Gasteiger charge is 2.21. The Morgan fingerprint density at radius 1 is 1.38 bits per heavy atom. The second kappa shape index (κ2) is 7.98. The van der Waals surface area contributed by atoms with E-state index in [9.17, 15) is 4.79 Å². The van der Waals surface area contributed by atoms with Gasteiger partial charge in [0.15, 0.2) is 5.11 Å². The summed E-state index contributed by atoms with van der Waals surface area (Å²) in [6.45, 7) is 3.88. The van der Waals surface area contributed by atoms with E-state index in [1.54, 1.807) is 0 Å². The van der Waals surface area contributed by atoms with E-state index in [1.165, 1.54) is 12.8 Å². The molecule has 1 amide bonds. The molecule has 2 rings (SSSR count). The molecule has 0 unspecified atom stereocenters. The van der Waals surface area contributed by atoms with Crippen molar-refractivity contribution in [3.63, 3.8) is 0 Å². The molecule has 2 N–H and O–H groups in total. The topological polar surface area (TPSA) is 44.4 Å². The Morgan fingerprint density at radius 2 is 2.24 bits per heavy atom. The van der Waals surface area contributed by atoms with Crippen LogP contribution in [0, 0.1) is 0 Å². The lowest BCUT2D eigenvalue weighted by atomic mass is 10.2. The molecule has 0 saturated carbocycles. The molecule has 1 aromatic carbocycles. The maximum Gasteiger partial charge on any atom is 0.227 e. The van der Waals surface area contributed by atoms with Gasteiger partial charge in [-0.2, -0.15) is 0 Å². The molecule has 0 radical (unpaired) electrons. The van der Waals surface area contributed by atoms with Crippen LogP contribution in [-0.2, 0) is 4.79 Å². The third kappa shape index (κ3) is 4.70. The third-order valence-electron chi connectivity index (χ3n) is 3.56. The summed E-state index contributed by atoms with van der Waals surface area (Å²) >= 11 is 5.28. The molecule has 1 aromatic rings. The number of rotatable bonds is 6. The van der Waals surface area contributed by atoms with E-state index in [-0.39, 0.29) is 5.91 Å².